The summed E-state index contributed by atoms with van der Waals surface area (Å²) in [6.45, 7) is 9.90. The van der Waals surface area contributed by atoms with Crippen molar-refractivity contribution in [3.05, 3.63) is 27.7 Å². The number of nitrogens with one attached hydrogen (secondary N) is 1. The predicted octanol–water partition coefficient (Wildman–Crippen LogP) is 3.90. The van der Waals surface area contributed by atoms with Gasteiger partial charge in [-0.2, -0.15) is 0 Å². The summed E-state index contributed by atoms with van der Waals surface area (Å²) in [4.78, 5) is 0. The number of ether oxygens (including phenoxy) is 1. The molecule has 0 amide bonds. The highest BCUT2D eigenvalue weighted by molar-refractivity contribution is 9.10. The number of hydrogen-bond donors (Lipinski definition) is 1. The van der Waals surface area contributed by atoms with Gasteiger partial charge in [0, 0.05) is 22.8 Å². The summed E-state index contributed by atoms with van der Waals surface area (Å²) in [6, 6.07) is 4.59. The van der Waals surface area contributed by atoms with E-state index in [1.807, 2.05) is 6.92 Å². The van der Waals surface area contributed by atoms with Crippen LogP contribution in [0.3, 0.4) is 0 Å². The number of hydrogen-bond acceptors (Lipinski definition) is 2. The molecule has 0 fully saturated rings. The number of halogens is 1. The zero-order chi connectivity index (χ0) is 12.1. The Morgan fingerprint density at radius 3 is 2.38 bits per heavy atom. The Morgan fingerprint density at radius 1 is 1.31 bits per heavy atom. The van der Waals surface area contributed by atoms with Crippen LogP contribution in [0, 0.1) is 13.8 Å². The topological polar surface area (TPSA) is 21.3 Å². The first-order valence-electron chi connectivity index (χ1n) is 5.65. The molecule has 0 saturated heterocycles. The standard InChI is InChI=1S/C13H20BrNO/c1-5-16-8-11(4)15-13-9(2)6-12(14)7-10(13)3/h6-7,11,15H,5,8H2,1-4H3. The van der Waals surface area contributed by atoms with Crippen LogP contribution in [0.5, 0.6) is 0 Å². The fraction of sp³-hybridized carbons (Fsp3) is 0.538. The van der Waals surface area contributed by atoms with E-state index in [2.05, 4.69) is 54.2 Å². The van der Waals surface area contributed by atoms with Crippen LogP contribution in [0.25, 0.3) is 0 Å². The van der Waals surface area contributed by atoms with Gasteiger partial charge in [0.2, 0.25) is 0 Å². The number of aryl methyl sites for hydroxylation is 2. The molecule has 0 radical (unpaired) electrons. The molecule has 0 aromatic heterocycles. The van der Waals surface area contributed by atoms with Gasteiger partial charge in [0.05, 0.1) is 6.61 Å². The molecular formula is C13H20BrNO. The summed E-state index contributed by atoms with van der Waals surface area (Å²) in [5.41, 5.74) is 3.74. The van der Waals surface area contributed by atoms with Crippen LogP contribution < -0.4 is 5.32 Å². The third-order valence-electron chi connectivity index (χ3n) is 2.46. The van der Waals surface area contributed by atoms with Crippen molar-refractivity contribution >= 4 is 21.6 Å². The van der Waals surface area contributed by atoms with Gasteiger partial charge in [-0.1, -0.05) is 15.9 Å². The molecule has 90 valence electrons. The second-order valence-electron chi connectivity index (χ2n) is 4.12. The first-order valence-corrected chi connectivity index (χ1v) is 6.45. The highest BCUT2D eigenvalue weighted by Crippen LogP contribution is 2.25. The monoisotopic (exact) mass is 285 g/mol. The van der Waals surface area contributed by atoms with Crippen molar-refractivity contribution in [2.45, 2.75) is 33.7 Å². The van der Waals surface area contributed by atoms with E-state index in [-0.39, 0.29) is 0 Å². The second kappa shape index (κ2) is 6.26. The zero-order valence-corrected chi connectivity index (χ0v) is 12.0. The molecule has 0 spiro atoms. The van der Waals surface area contributed by atoms with E-state index in [1.54, 1.807) is 0 Å². The normalized spacial score (nSPS) is 12.6. The van der Waals surface area contributed by atoms with Crippen molar-refractivity contribution < 1.29 is 4.74 Å². The number of anilines is 1. The maximum Gasteiger partial charge on any atom is 0.0664 e. The van der Waals surface area contributed by atoms with Gasteiger partial charge >= 0.3 is 0 Å². The molecule has 1 aromatic carbocycles. The van der Waals surface area contributed by atoms with Gasteiger partial charge in [0.1, 0.15) is 0 Å². The Labute approximate surface area is 107 Å². The molecule has 1 rings (SSSR count). The highest BCUT2D eigenvalue weighted by atomic mass is 79.9. The third-order valence-corrected chi connectivity index (χ3v) is 2.92. The van der Waals surface area contributed by atoms with Gasteiger partial charge in [-0.25, -0.2) is 0 Å². The van der Waals surface area contributed by atoms with E-state index in [1.165, 1.54) is 16.8 Å². The summed E-state index contributed by atoms with van der Waals surface area (Å²) in [7, 11) is 0. The van der Waals surface area contributed by atoms with E-state index in [9.17, 15) is 0 Å². The van der Waals surface area contributed by atoms with Crippen molar-refractivity contribution in [2.75, 3.05) is 18.5 Å². The molecule has 0 saturated carbocycles. The fourth-order valence-electron chi connectivity index (χ4n) is 1.72. The minimum atomic E-state index is 0.332. The summed E-state index contributed by atoms with van der Waals surface area (Å²) in [5, 5.41) is 3.49. The van der Waals surface area contributed by atoms with Gasteiger partial charge < -0.3 is 10.1 Å². The van der Waals surface area contributed by atoms with Crippen molar-refractivity contribution in [3.63, 3.8) is 0 Å². The smallest absolute Gasteiger partial charge is 0.0664 e. The van der Waals surface area contributed by atoms with Gasteiger partial charge in [0.25, 0.3) is 0 Å². The van der Waals surface area contributed by atoms with E-state index in [0.29, 0.717) is 6.04 Å². The van der Waals surface area contributed by atoms with Crippen LogP contribution in [0.1, 0.15) is 25.0 Å². The Hall–Kier alpha value is -0.540. The molecule has 1 unspecified atom stereocenters. The first-order chi connectivity index (χ1) is 7.54. The van der Waals surface area contributed by atoms with Crippen LogP contribution in [0.2, 0.25) is 0 Å². The summed E-state index contributed by atoms with van der Waals surface area (Å²) >= 11 is 3.50. The van der Waals surface area contributed by atoms with Crippen LogP contribution in [0.15, 0.2) is 16.6 Å². The highest BCUT2D eigenvalue weighted by Gasteiger charge is 2.07. The van der Waals surface area contributed by atoms with Crippen LogP contribution in [0.4, 0.5) is 5.69 Å². The molecule has 0 aliphatic heterocycles. The quantitative estimate of drug-likeness (QED) is 0.886. The maximum absolute atomic E-state index is 5.40. The van der Waals surface area contributed by atoms with Gasteiger partial charge in [-0.05, 0) is 51.0 Å². The molecule has 1 atom stereocenters. The minimum Gasteiger partial charge on any atom is -0.380 e. The van der Waals surface area contributed by atoms with Crippen molar-refractivity contribution in [1.29, 1.82) is 0 Å². The Balaban J connectivity index is 2.73. The van der Waals surface area contributed by atoms with E-state index in [4.69, 9.17) is 4.74 Å². The van der Waals surface area contributed by atoms with Gasteiger partial charge in [-0.15, -0.1) is 0 Å². The SMILES string of the molecule is CCOCC(C)Nc1c(C)cc(Br)cc1C. The molecule has 0 heterocycles. The molecule has 0 aliphatic rings. The Morgan fingerprint density at radius 2 is 1.88 bits per heavy atom. The number of rotatable bonds is 5. The second-order valence-corrected chi connectivity index (χ2v) is 5.04. The number of benzene rings is 1. The average Bonchev–Trinajstić information content (AvgIpc) is 2.20. The van der Waals surface area contributed by atoms with Crippen LogP contribution in [-0.2, 0) is 4.74 Å². The van der Waals surface area contributed by atoms with E-state index in [0.717, 1.165) is 17.7 Å². The van der Waals surface area contributed by atoms with Crippen molar-refractivity contribution in [2.24, 2.45) is 0 Å². The maximum atomic E-state index is 5.40. The van der Waals surface area contributed by atoms with E-state index >= 15 is 0 Å². The molecular weight excluding hydrogens is 266 g/mol. The van der Waals surface area contributed by atoms with E-state index < -0.39 is 0 Å². The summed E-state index contributed by atoms with van der Waals surface area (Å²) in [6.07, 6.45) is 0. The molecule has 2 nitrogen and oxygen atoms in total. The lowest BCUT2D eigenvalue weighted by Crippen LogP contribution is -2.22. The minimum absolute atomic E-state index is 0.332. The Kier molecular flexibility index (Phi) is 5.29. The molecule has 1 N–H and O–H groups in total. The lowest BCUT2D eigenvalue weighted by atomic mass is 10.1. The summed E-state index contributed by atoms with van der Waals surface area (Å²) in [5.74, 6) is 0. The molecule has 16 heavy (non-hydrogen) atoms. The van der Waals surface area contributed by atoms with Crippen molar-refractivity contribution in [3.8, 4) is 0 Å². The fourth-order valence-corrected chi connectivity index (χ4v) is 2.41. The Bertz CT molecular complexity index is 329. The zero-order valence-electron chi connectivity index (χ0n) is 10.4. The molecule has 3 heteroatoms. The third kappa shape index (κ3) is 3.80. The lowest BCUT2D eigenvalue weighted by molar-refractivity contribution is 0.141. The predicted molar refractivity (Wildman–Crippen MR) is 73.2 cm³/mol. The largest absolute Gasteiger partial charge is 0.380 e. The average molecular weight is 286 g/mol. The van der Waals surface area contributed by atoms with Crippen molar-refractivity contribution in [1.82, 2.24) is 0 Å². The summed E-state index contributed by atoms with van der Waals surface area (Å²) < 4.78 is 6.53. The van der Waals surface area contributed by atoms with Gasteiger partial charge in [0.15, 0.2) is 0 Å². The lowest BCUT2D eigenvalue weighted by Gasteiger charge is -2.19. The first kappa shape index (κ1) is 13.5. The molecule has 0 bridgehead atoms. The molecule has 0 aliphatic carbocycles. The molecule has 1 aromatic rings. The van der Waals surface area contributed by atoms with Crippen LogP contribution in [-0.4, -0.2) is 19.3 Å². The van der Waals surface area contributed by atoms with Crippen LogP contribution >= 0.6 is 15.9 Å². The van der Waals surface area contributed by atoms with Gasteiger partial charge in [-0.3, -0.25) is 0 Å².